The van der Waals surface area contributed by atoms with Crippen molar-refractivity contribution in [3.63, 3.8) is 0 Å². The Morgan fingerprint density at radius 2 is 1.81 bits per heavy atom. The van der Waals surface area contributed by atoms with Crippen molar-refractivity contribution < 1.29 is 28.9 Å². The minimum absolute atomic E-state index is 0.0124. The monoisotopic (exact) mass is 505 g/mol. The molecule has 2 heterocycles. The molecule has 2 aliphatic heterocycles. The highest BCUT2D eigenvalue weighted by Crippen LogP contribution is 2.45. The van der Waals surface area contributed by atoms with Crippen LogP contribution < -0.4 is 19.1 Å². The first kappa shape index (κ1) is 23.8. The van der Waals surface area contributed by atoms with Crippen LogP contribution in [0.1, 0.15) is 36.1 Å². The van der Waals surface area contributed by atoms with Gasteiger partial charge in [-0.05, 0) is 66.9 Å². The molecule has 184 valence electrons. The van der Waals surface area contributed by atoms with Crippen LogP contribution in [0.5, 0.6) is 17.2 Å². The van der Waals surface area contributed by atoms with E-state index in [2.05, 4.69) is 0 Å². The number of aliphatic hydroxyl groups excluding tert-OH is 1. The predicted molar refractivity (Wildman–Crippen MR) is 136 cm³/mol. The molecule has 36 heavy (non-hydrogen) atoms. The van der Waals surface area contributed by atoms with Gasteiger partial charge in [0.2, 0.25) is 6.79 Å². The number of benzene rings is 3. The second kappa shape index (κ2) is 9.59. The Kier molecular flexibility index (Phi) is 6.33. The number of aliphatic hydroxyl groups is 1. The summed E-state index contributed by atoms with van der Waals surface area (Å²) in [6, 6.07) is 16.2. The third-order valence-electron chi connectivity index (χ3n) is 6.17. The lowest BCUT2D eigenvalue weighted by molar-refractivity contribution is -0.132. The van der Waals surface area contributed by atoms with E-state index in [9.17, 15) is 14.7 Å². The maximum atomic E-state index is 13.4. The molecule has 0 aliphatic carbocycles. The molecule has 1 saturated heterocycles. The van der Waals surface area contributed by atoms with Crippen molar-refractivity contribution in [2.75, 3.05) is 18.3 Å². The van der Waals surface area contributed by atoms with Gasteiger partial charge in [-0.25, -0.2) is 0 Å². The molecule has 0 aromatic heterocycles. The number of nitrogens with zero attached hydrogens (tertiary/aromatic N) is 1. The molecule has 1 fully saturated rings. The van der Waals surface area contributed by atoms with E-state index in [0.717, 1.165) is 12.0 Å². The summed E-state index contributed by atoms with van der Waals surface area (Å²) in [5.74, 6) is -0.0732. The number of anilines is 1. The van der Waals surface area contributed by atoms with Crippen LogP contribution in [0.2, 0.25) is 5.02 Å². The number of carbonyl (C=O) groups is 2. The molecule has 0 radical (unpaired) electrons. The van der Waals surface area contributed by atoms with Gasteiger partial charge in [-0.15, -0.1) is 0 Å². The van der Waals surface area contributed by atoms with Crippen LogP contribution in [0.25, 0.3) is 5.76 Å². The molecule has 0 saturated carbocycles. The third-order valence-corrected chi connectivity index (χ3v) is 6.43. The normalized spacial score (nSPS) is 18.1. The summed E-state index contributed by atoms with van der Waals surface area (Å²) in [7, 11) is 0. The Morgan fingerprint density at radius 3 is 2.53 bits per heavy atom. The summed E-state index contributed by atoms with van der Waals surface area (Å²) in [6.07, 6.45) is 0.867. The molecule has 8 heteroatoms. The molecular weight excluding hydrogens is 482 g/mol. The van der Waals surface area contributed by atoms with E-state index in [1.165, 1.54) is 4.90 Å². The van der Waals surface area contributed by atoms with Crippen molar-refractivity contribution in [3.05, 3.63) is 87.9 Å². The number of carbonyl (C=O) groups excluding carboxylic acids is 2. The number of rotatable bonds is 6. The first-order chi connectivity index (χ1) is 17.4. The SMILES string of the molecule is CCCOc1ccc(/C(O)=C2\C(=O)C(=O)N(c3ccc4c(c3)OCO4)C2c2ccc(Cl)cc2)cc1C. The van der Waals surface area contributed by atoms with Gasteiger partial charge in [0.05, 0.1) is 18.2 Å². The van der Waals surface area contributed by atoms with Gasteiger partial charge in [0.15, 0.2) is 11.5 Å². The summed E-state index contributed by atoms with van der Waals surface area (Å²) in [6.45, 7) is 4.54. The number of fused-ring (bicyclic) bond motifs is 1. The number of hydrogen-bond donors (Lipinski definition) is 1. The van der Waals surface area contributed by atoms with Gasteiger partial charge >= 0.3 is 0 Å². The largest absolute Gasteiger partial charge is 0.507 e. The summed E-state index contributed by atoms with van der Waals surface area (Å²) >= 11 is 6.11. The Bertz CT molecular complexity index is 1380. The Hall–Kier alpha value is -3.97. The fraction of sp³-hybridized carbons (Fsp3) is 0.214. The van der Waals surface area contributed by atoms with Crippen LogP contribution >= 0.6 is 11.6 Å². The Labute approximate surface area is 213 Å². The molecule has 7 nitrogen and oxygen atoms in total. The van der Waals surface area contributed by atoms with Crippen LogP contribution in [0.15, 0.2) is 66.2 Å². The number of Topliss-reactive ketones (excluding diaryl/α,β-unsaturated/α-hetero) is 1. The fourth-order valence-electron chi connectivity index (χ4n) is 4.42. The van der Waals surface area contributed by atoms with E-state index < -0.39 is 17.7 Å². The molecule has 5 rings (SSSR count). The van der Waals surface area contributed by atoms with Crippen molar-refractivity contribution >= 4 is 34.7 Å². The lowest BCUT2D eigenvalue weighted by Gasteiger charge is -2.25. The average Bonchev–Trinajstić information content (AvgIpc) is 3.45. The molecule has 3 aromatic carbocycles. The zero-order chi connectivity index (χ0) is 25.4. The van der Waals surface area contributed by atoms with Gasteiger partial charge in [-0.3, -0.25) is 14.5 Å². The Balaban J connectivity index is 1.64. The number of aryl methyl sites for hydroxylation is 1. The lowest BCUT2D eigenvalue weighted by atomic mass is 9.94. The zero-order valence-electron chi connectivity index (χ0n) is 19.8. The van der Waals surface area contributed by atoms with Gasteiger partial charge in [0.1, 0.15) is 11.5 Å². The van der Waals surface area contributed by atoms with Crippen LogP contribution in [0.4, 0.5) is 5.69 Å². The van der Waals surface area contributed by atoms with Crippen molar-refractivity contribution in [2.24, 2.45) is 0 Å². The van der Waals surface area contributed by atoms with E-state index in [1.807, 2.05) is 13.8 Å². The van der Waals surface area contributed by atoms with Crippen LogP contribution in [-0.4, -0.2) is 30.2 Å². The average molecular weight is 506 g/mol. The molecule has 1 atom stereocenters. The van der Waals surface area contributed by atoms with Crippen molar-refractivity contribution in [3.8, 4) is 17.2 Å². The van der Waals surface area contributed by atoms with Gasteiger partial charge in [0.25, 0.3) is 11.7 Å². The second-order valence-electron chi connectivity index (χ2n) is 8.59. The maximum Gasteiger partial charge on any atom is 0.300 e. The number of ketones is 1. The highest BCUT2D eigenvalue weighted by molar-refractivity contribution is 6.51. The first-order valence-corrected chi connectivity index (χ1v) is 12.0. The first-order valence-electron chi connectivity index (χ1n) is 11.6. The van der Waals surface area contributed by atoms with Crippen LogP contribution in [0.3, 0.4) is 0 Å². The predicted octanol–water partition coefficient (Wildman–Crippen LogP) is 5.79. The molecule has 1 unspecified atom stereocenters. The quantitative estimate of drug-likeness (QED) is 0.259. The molecular formula is C28H24ClNO6. The second-order valence-corrected chi connectivity index (χ2v) is 9.02. The molecule has 1 N–H and O–H groups in total. The van der Waals surface area contributed by atoms with Gasteiger partial charge in [-0.2, -0.15) is 0 Å². The van der Waals surface area contributed by atoms with Gasteiger partial charge in [0, 0.05) is 22.3 Å². The van der Waals surface area contributed by atoms with Crippen molar-refractivity contribution in [1.82, 2.24) is 0 Å². The highest BCUT2D eigenvalue weighted by atomic mass is 35.5. The van der Waals surface area contributed by atoms with E-state index in [-0.39, 0.29) is 18.1 Å². The summed E-state index contributed by atoms with van der Waals surface area (Å²) in [5.41, 5.74) is 2.28. The minimum atomic E-state index is -0.876. The van der Waals surface area contributed by atoms with Crippen molar-refractivity contribution in [1.29, 1.82) is 0 Å². The molecule has 1 amide bonds. The van der Waals surface area contributed by atoms with Gasteiger partial charge in [-0.1, -0.05) is 30.7 Å². The zero-order valence-corrected chi connectivity index (χ0v) is 20.5. The number of amides is 1. The topological polar surface area (TPSA) is 85.3 Å². The summed E-state index contributed by atoms with van der Waals surface area (Å²) in [4.78, 5) is 28.1. The van der Waals surface area contributed by atoms with E-state index in [1.54, 1.807) is 60.7 Å². The third kappa shape index (κ3) is 4.16. The smallest absolute Gasteiger partial charge is 0.300 e. The van der Waals surface area contributed by atoms with E-state index >= 15 is 0 Å². The standard InChI is InChI=1S/C28H24ClNO6/c1-3-12-34-21-10-6-18(13-16(21)2)26(31)24-25(17-4-7-19(29)8-5-17)30(28(33)27(24)32)20-9-11-22-23(14-20)36-15-35-22/h4-11,13-14,25,31H,3,12,15H2,1-2H3/b26-24+. The van der Waals surface area contributed by atoms with Gasteiger partial charge < -0.3 is 19.3 Å². The van der Waals surface area contributed by atoms with Crippen LogP contribution in [-0.2, 0) is 9.59 Å². The maximum absolute atomic E-state index is 13.4. The molecule has 0 spiro atoms. The fourth-order valence-corrected chi connectivity index (χ4v) is 4.55. The molecule has 3 aromatic rings. The van der Waals surface area contributed by atoms with Crippen LogP contribution in [0, 0.1) is 6.92 Å². The summed E-state index contributed by atoms with van der Waals surface area (Å²) < 4.78 is 16.6. The number of ether oxygens (including phenoxy) is 3. The minimum Gasteiger partial charge on any atom is -0.507 e. The molecule has 0 bridgehead atoms. The number of hydrogen-bond acceptors (Lipinski definition) is 6. The lowest BCUT2D eigenvalue weighted by Crippen LogP contribution is -2.29. The highest BCUT2D eigenvalue weighted by Gasteiger charge is 2.47. The van der Waals surface area contributed by atoms with E-state index in [0.29, 0.717) is 45.7 Å². The van der Waals surface area contributed by atoms with Crippen molar-refractivity contribution in [2.45, 2.75) is 26.3 Å². The molecule has 2 aliphatic rings. The Morgan fingerprint density at radius 1 is 1.06 bits per heavy atom. The van der Waals surface area contributed by atoms with E-state index in [4.69, 9.17) is 25.8 Å². The summed E-state index contributed by atoms with van der Waals surface area (Å²) in [5, 5.41) is 11.9. The number of halogens is 1.